The van der Waals surface area contributed by atoms with Gasteiger partial charge in [0.05, 0.1) is 18.0 Å². The van der Waals surface area contributed by atoms with E-state index in [0.29, 0.717) is 68.9 Å². The number of carbonyl (C=O) groups excluding carboxylic acids is 4. The minimum Gasteiger partial charge on any atom is -0.339 e. The molecule has 2 unspecified atom stereocenters. The molecule has 0 radical (unpaired) electrons. The second-order valence-corrected chi connectivity index (χ2v) is 14.1. The van der Waals surface area contributed by atoms with Crippen molar-refractivity contribution in [2.75, 3.05) is 52.4 Å². The summed E-state index contributed by atoms with van der Waals surface area (Å²) in [7, 11) is -4.00. The fourth-order valence-corrected chi connectivity index (χ4v) is 7.63. The molecule has 2 atom stereocenters. The Morgan fingerprint density at radius 1 is 0.864 bits per heavy atom. The molecule has 0 spiro atoms. The third kappa shape index (κ3) is 7.52. The number of sulfonamides is 1. The van der Waals surface area contributed by atoms with E-state index in [1.807, 2.05) is 6.92 Å². The van der Waals surface area contributed by atoms with Crippen LogP contribution in [-0.2, 0) is 29.2 Å². The van der Waals surface area contributed by atoms with Gasteiger partial charge in [0.2, 0.25) is 33.7 Å². The molecule has 44 heavy (non-hydrogen) atoms. The molecule has 4 amide bonds. The first kappa shape index (κ1) is 32.2. The molecule has 0 bridgehead atoms. The fraction of sp³-hybridized carbons (Fsp3) is 0.548. The highest BCUT2D eigenvalue weighted by Gasteiger charge is 2.35. The number of benzene rings is 2. The second-order valence-electron chi connectivity index (χ2n) is 12.0. The Hall–Kier alpha value is -3.22. The standard InChI is InChI=1S/C31H40ClN5O6S/c1-2-22-18-35(29(39)20-34-12-4-3-7-28(34)38)14-15-36(19-22)30(40)21-37-13-5-6-27(31(37)41)33-44(42,43)26-11-9-23-16-25(32)10-8-24(23)17-26/h8-11,16-17,22,27,33H,2-7,12-15,18-21H2,1H3. The summed E-state index contributed by atoms with van der Waals surface area (Å²) in [5.41, 5.74) is 0. The maximum atomic E-state index is 13.5. The molecule has 1 N–H and O–H groups in total. The number of amides is 4. The zero-order valence-corrected chi connectivity index (χ0v) is 26.6. The molecule has 0 saturated carbocycles. The summed E-state index contributed by atoms with van der Waals surface area (Å²) in [4.78, 5) is 58.7. The number of nitrogens with zero attached hydrogens (tertiary/aromatic N) is 4. The molecule has 3 saturated heterocycles. The molecule has 5 rings (SSSR count). The average molecular weight is 646 g/mol. The van der Waals surface area contributed by atoms with Crippen molar-refractivity contribution in [1.29, 1.82) is 0 Å². The van der Waals surface area contributed by atoms with E-state index in [9.17, 15) is 27.6 Å². The van der Waals surface area contributed by atoms with E-state index in [2.05, 4.69) is 4.72 Å². The smallest absolute Gasteiger partial charge is 0.242 e. The maximum absolute atomic E-state index is 13.5. The van der Waals surface area contributed by atoms with Crippen molar-refractivity contribution in [2.45, 2.75) is 56.4 Å². The van der Waals surface area contributed by atoms with Crippen LogP contribution < -0.4 is 4.72 Å². The average Bonchev–Trinajstić information content (AvgIpc) is 3.23. The summed E-state index contributed by atoms with van der Waals surface area (Å²) < 4.78 is 29.0. The normalized spacial score (nSPS) is 22.0. The fourth-order valence-electron chi connectivity index (χ4n) is 6.20. The Balaban J connectivity index is 1.19. The van der Waals surface area contributed by atoms with Gasteiger partial charge in [-0.1, -0.05) is 30.7 Å². The Morgan fingerprint density at radius 2 is 1.50 bits per heavy atom. The summed E-state index contributed by atoms with van der Waals surface area (Å²) >= 11 is 6.04. The highest BCUT2D eigenvalue weighted by molar-refractivity contribution is 7.89. The Bertz CT molecular complexity index is 1530. The summed E-state index contributed by atoms with van der Waals surface area (Å²) in [5.74, 6) is -0.682. The topological polar surface area (TPSA) is 127 Å². The van der Waals surface area contributed by atoms with E-state index in [0.717, 1.165) is 24.6 Å². The van der Waals surface area contributed by atoms with Crippen molar-refractivity contribution >= 4 is 56.0 Å². The van der Waals surface area contributed by atoms with Gasteiger partial charge in [-0.2, -0.15) is 4.72 Å². The number of nitrogens with one attached hydrogen (secondary N) is 1. The number of carbonyl (C=O) groups is 4. The van der Waals surface area contributed by atoms with Gasteiger partial charge in [-0.3, -0.25) is 19.2 Å². The summed E-state index contributed by atoms with van der Waals surface area (Å²) in [6.07, 6.45) is 3.89. The van der Waals surface area contributed by atoms with Crippen molar-refractivity contribution in [2.24, 2.45) is 5.92 Å². The first-order chi connectivity index (χ1) is 21.0. The zero-order valence-electron chi connectivity index (χ0n) is 25.0. The van der Waals surface area contributed by atoms with Gasteiger partial charge < -0.3 is 19.6 Å². The Labute approximate surface area is 263 Å². The van der Waals surface area contributed by atoms with Crippen LogP contribution in [0.2, 0.25) is 5.02 Å². The monoisotopic (exact) mass is 645 g/mol. The number of piperidine rings is 2. The number of fused-ring (bicyclic) bond motifs is 1. The van der Waals surface area contributed by atoms with Gasteiger partial charge >= 0.3 is 0 Å². The first-order valence-corrected chi connectivity index (χ1v) is 17.2. The van der Waals surface area contributed by atoms with Gasteiger partial charge in [-0.05, 0) is 73.1 Å². The molecule has 13 heteroatoms. The zero-order chi connectivity index (χ0) is 31.4. The largest absolute Gasteiger partial charge is 0.339 e. The van der Waals surface area contributed by atoms with Gasteiger partial charge in [0.25, 0.3) is 0 Å². The molecule has 3 aliphatic rings. The predicted molar refractivity (Wildman–Crippen MR) is 166 cm³/mol. The van der Waals surface area contributed by atoms with E-state index >= 15 is 0 Å². The SMILES string of the molecule is CCC1CN(C(=O)CN2CCCCC2=O)CCN(C(=O)CN2CCCC(NS(=O)(=O)c3ccc4cc(Cl)ccc4c3)C2=O)C1. The van der Waals surface area contributed by atoms with E-state index in [1.165, 1.54) is 11.0 Å². The lowest BCUT2D eigenvalue weighted by atomic mass is 10.0. The summed E-state index contributed by atoms with van der Waals surface area (Å²) in [5, 5.41) is 2.07. The highest BCUT2D eigenvalue weighted by atomic mass is 35.5. The van der Waals surface area contributed by atoms with E-state index in [4.69, 9.17) is 11.6 Å². The molecule has 2 aromatic rings. The van der Waals surface area contributed by atoms with Gasteiger partial charge in [-0.25, -0.2) is 8.42 Å². The summed E-state index contributed by atoms with van der Waals surface area (Å²) in [6, 6.07) is 8.92. The van der Waals surface area contributed by atoms with E-state index < -0.39 is 22.0 Å². The molecule has 3 heterocycles. The lowest BCUT2D eigenvalue weighted by Gasteiger charge is -2.34. The van der Waals surface area contributed by atoms with Crippen LogP contribution in [0.25, 0.3) is 10.8 Å². The van der Waals surface area contributed by atoms with Crippen LogP contribution in [0.15, 0.2) is 41.3 Å². The van der Waals surface area contributed by atoms with Crippen LogP contribution in [0.4, 0.5) is 0 Å². The molecule has 3 fully saturated rings. The molecule has 0 aliphatic carbocycles. The lowest BCUT2D eigenvalue weighted by Crippen LogP contribution is -2.55. The van der Waals surface area contributed by atoms with Crippen LogP contribution in [-0.4, -0.2) is 110 Å². The van der Waals surface area contributed by atoms with Crippen LogP contribution in [0, 0.1) is 5.92 Å². The predicted octanol–water partition coefficient (Wildman–Crippen LogP) is 2.47. The quantitative estimate of drug-likeness (QED) is 0.470. The van der Waals surface area contributed by atoms with Crippen molar-refractivity contribution in [3.8, 4) is 0 Å². The Morgan fingerprint density at radius 3 is 2.18 bits per heavy atom. The van der Waals surface area contributed by atoms with Gasteiger partial charge in [0.1, 0.15) is 6.04 Å². The Kier molecular flexibility index (Phi) is 10.1. The van der Waals surface area contributed by atoms with Crippen LogP contribution in [0.5, 0.6) is 0 Å². The van der Waals surface area contributed by atoms with Crippen LogP contribution in [0.1, 0.15) is 45.4 Å². The number of halogens is 1. The molecular formula is C31H40ClN5O6S. The van der Waals surface area contributed by atoms with Gasteiger partial charge in [-0.15, -0.1) is 0 Å². The van der Waals surface area contributed by atoms with E-state index in [1.54, 1.807) is 45.0 Å². The lowest BCUT2D eigenvalue weighted by molar-refractivity contribution is -0.143. The van der Waals surface area contributed by atoms with Crippen molar-refractivity contribution in [3.63, 3.8) is 0 Å². The number of likely N-dealkylation sites (tertiary alicyclic amines) is 2. The van der Waals surface area contributed by atoms with Gasteiger partial charge in [0, 0.05) is 50.7 Å². The molecule has 0 aromatic heterocycles. The molecule has 238 valence electrons. The van der Waals surface area contributed by atoms with Crippen molar-refractivity contribution in [1.82, 2.24) is 24.3 Å². The maximum Gasteiger partial charge on any atom is 0.242 e. The minimum atomic E-state index is -4.00. The third-order valence-electron chi connectivity index (χ3n) is 8.87. The number of hydrogen-bond donors (Lipinski definition) is 1. The van der Waals surface area contributed by atoms with Crippen LogP contribution >= 0.6 is 11.6 Å². The van der Waals surface area contributed by atoms with Gasteiger partial charge in [0.15, 0.2) is 0 Å². The minimum absolute atomic E-state index is 0.0117. The third-order valence-corrected chi connectivity index (χ3v) is 10.6. The van der Waals surface area contributed by atoms with Crippen LogP contribution in [0.3, 0.4) is 0 Å². The molecular weight excluding hydrogens is 606 g/mol. The van der Waals surface area contributed by atoms with E-state index in [-0.39, 0.29) is 41.6 Å². The second kappa shape index (κ2) is 13.8. The highest BCUT2D eigenvalue weighted by Crippen LogP contribution is 2.24. The molecule has 3 aliphatic heterocycles. The molecule has 2 aromatic carbocycles. The van der Waals surface area contributed by atoms with Crippen molar-refractivity contribution < 1.29 is 27.6 Å². The number of rotatable bonds is 8. The first-order valence-electron chi connectivity index (χ1n) is 15.4. The summed E-state index contributed by atoms with van der Waals surface area (Å²) in [6.45, 7) is 4.56. The van der Waals surface area contributed by atoms with Crippen molar-refractivity contribution in [3.05, 3.63) is 41.4 Å². The number of hydrogen-bond acceptors (Lipinski definition) is 6. The molecule has 11 nitrogen and oxygen atoms in total.